The summed E-state index contributed by atoms with van der Waals surface area (Å²) in [5.41, 5.74) is 0. The molecule has 0 bridgehead atoms. The average Bonchev–Trinajstić information content (AvgIpc) is 2.25. The zero-order valence-corrected chi connectivity index (χ0v) is 11.6. The average molecular weight is 255 g/mol. The van der Waals surface area contributed by atoms with Gasteiger partial charge in [0.1, 0.15) is 6.04 Å². The van der Waals surface area contributed by atoms with Crippen molar-refractivity contribution in [2.75, 3.05) is 0 Å². The van der Waals surface area contributed by atoms with Gasteiger partial charge in [0, 0.05) is 6.42 Å². The SMILES string of the molecule is CC1CCCC(CC(=O)NC(C(=O)O)C(C)C)C1. The number of amides is 1. The Labute approximate surface area is 109 Å². The highest BCUT2D eigenvalue weighted by Gasteiger charge is 2.26. The van der Waals surface area contributed by atoms with Crippen molar-refractivity contribution in [3.63, 3.8) is 0 Å². The highest BCUT2D eigenvalue weighted by molar-refractivity contribution is 5.83. The Morgan fingerprint density at radius 1 is 1.33 bits per heavy atom. The van der Waals surface area contributed by atoms with Crippen LogP contribution in [0.25, 0.3) is 0 Å². The predicted octanol–water partition coefficient (Wildman–Crippen LogP) is 2.43. The minimum atomic E-state index is -0.949. The second-order valence-corrected chi connectivity index (χ2v) is 5.97. The van der Waals surface area contributed by atoms with Crippen LogP contribution in [0.1, 0.15) is 52.9 Å². The van der Waals surface area contributed by atoms with E-state index in [1.807, 2.05) is 13.8 Å². The summed E-state index contributed by atoms with van der Waals surface area (Å²) in [5, 5.41) is 11.7. The standard InChI is InChI=1S/C14H25NO3/c1-9(2)13(14(17)18)15-12(16)8-11-6-4-5-10(3)7-11/h9-11,13H,4-8H2,1-3H3,(H,15,16)(H,17,18). The van der Waals surface area contributed by atoms with E-state index in [9.17, 15) is 9.59 Å². The minimum Gasteiger partial charge on any atom is -0.480 e. The number of hydrogen-bond acceptors (Lipinski definition) is 2. The number of aliphatic carboxylic acids is 1. The number of nitrogens with one attached hydrogen (secondary N) is 1. The molecule has 0 aromatic rings. The van der Waals surface area contributed by atoms with Crippen LogP contribution in [0.2, 0.25) is 0 Å². The van der Waals surface area contributed by atoms with E-state index in [0.717, 1.165) is 12.8 Å². The van der Waals surface area contributed by atoms with E-state index in [1.165, 1.54) is 12.8 Å². The quantitative estimate of drug-likeness (QED) is 0.793. The monoisotopic (exact) mass is 255 g/mol. The fourth-order valence-electron chi connectivity index (χ4n) is 2.75. The van der Waals surface area contributed by atoms with Crippen LogP contribution in [0.5, 0.6) is 0 Å². The molecular weight excluding hydrogens is 230 g/mol. The summed E-state index contributed by atoms with van der Waals surface area (Å²) < 4.78 is 0. The van der Waals surface area contributed by atoms with Crippen LogP contribution in [-0.2, 0) is 9.59 Å². The van der Waals surface area contributed by atoms with Crippen LogP contribution in [0.4, 0.5) is 0 Å². The molecule has 0 heterocycles. The fourth-order valence-corrected chi connectivity index (χ4v) is 2.75. The molecule has 4 heteroatoms. The van der Waals surface area contributed by atoms with E-state index >= 15 is 0 Å². The van der Waals surface area contributed by atoms with Gasteiger partial charge >= 0.3 is 5.97 Å². The molecule has 0 saturated heterocycles. The molecule has 18 heavy (non-hydrogen) atoms. The van der Waals surface area contributed by atoms with E-state index in [2.05, 4.69) is 12.2 Å². The van der Waals surface area contributed by atoms with Crippen molar-refractivity contribution in [1.82, 2.24) is 5.32 Å². The van der Waals surface area contributed by atoms with Crippen LogP contribution in [0.3, 0.4) is 0 Å². The third-order valence-electron chi connectivity index (χ3n) is 3.77. The maximum Gasteiger partial charge on any atom is 0.326 e. The van der Waals surface area contributed by atoms with Crippen molar-refractivity contribution in [3.8, 4) is 0 Å². The predicted molar refractivity (Wildman–Crippen MR) is 70.1 cm³/mol. The minimum absolute atomic E-state index is 0.0864. The molecule has 3 atom stereocenters. The van der Waals surface area contributed by atoms with Gasteiger partial charge in [0.05, 0.1) is 0 Å². The summed E-state index contributed by atoms with van der Waals surface area (Å²) in [4.78, 5) is 22.9. The number of carboxylic acid groups (broad SMARTS) is 1. The molecule has 0 spiro atoms. The van der Waals surface area contributed by atoms with Gasteiger partial charge in [-0.2, -0.15) is 0 Å². The van der Waals surface area contributed by atoms with Crippen LogP contribution in [-0.4, -0.2) is 23.0 Å². The van der Waals surface area contributed by atoms with Gasteiger partial charge in [-0.15, -0.1) is 0 Å². The van der Waals surface area contributed by atoms with Crippen molar-refractivity contribution in [3.05, 3.63) is 0 Å². The van der Waals surface area contributed by atoms with Crippen molar-refractivity contribution in [2.24, 2.45) is 17.8 Å². The lowest BCUT2D eigenvalue weighted by Gasteiger charge is -2.27. The van der Waals surface area contributed by atoms with Crippen molar-refractivity contribution in [1.29, 1.82) is 0 Å². The summed E-state index contributed by atoms with van der Waals surface area (Å²) in [6.07, 6.45) is 5.10. The highest BCUT2D eigenvalue weighted by atomic mass is 16.4. The first-order valence-electron chi connectivity index (χ1n) is 6.92. The van der Waals surface area contributed by atoms with Gasteiger partial charge in [-0.3, -0.25) is 4.79 Å². The first kappa shape index (κ1) is 15.0. The topological polar surface area (TPSA) is 66.4 Å². The molecule has 0 aromatic carbocycles. The second-order valence-electron chi connectivity index (χ2n) is 5.97. The van der Waals surface area contributed by atoms with E-state index in [0.29, 0.717) is 18.3 Å². The smallest absolute Gasteiger partial charge is 0.326 e. The Kier molecular flexibility index (Phi) is 5.63. The Morgan fingerprint density at radius 3 is 2.50 bits per heavy atom. The zero-order chi connectivity index (χ0) is 13.7. The molecule has 1 fully saturated rings. The number of rotatable bonds is 5. The summed E-state index contributed by atoms with van der Waals surface area (Å²) in [5.74, 6) is -0.0328. The molecular formula is C14H25NO3. The third-order valence-corrected chi connectivity index (χ3v) is 3.77. The van der Waals surface area contributed by atoms with Crippen molar-refractivity contribution < 1.29 is 14.7 Å². The molecule has 1 amide bonds. The van der Waals surface area contributed by atoms with E-state index < -0.39 is 12.0 Å². The molecule has 0 radical (unpaired) electrons. The summed E-state index contributed by atoms with van der Waals surface area (Å²) in [7, 11) is 0. The first-order chi connectivity index (χ1) is 8.40. The van der Waals surface area contributed by atoms with Gasteiger partial charge in [0.25, 0.3) is 0 Å². The lowest BCUT2D eigenvalue weighted by molar-refractivity contribution is -0.143. The molecule has 0 aliphatic heterocycles. The molecule has 4 nitrogen and oxygen atoms in total. The molecule has 104 valence electrons. The van der Waals surface area contributed by atoms with E-state index in [1.54, 1.807) is 0 Å². The molecule has 1 aliphatic carbocycles. The van der Waals surface area contributed by atoms with Gasteiger partial charge < -0.3 is 10.4 Å². The normalized spacial score (nSPS) is 25.8. The Bertz CT molecular complexity index is 301. The zero-order valence-electron chi connectivity index (χ0n) is 11.6. The van der Waals surface area contributed by atoms with Gasteiger partial charge in [0.15, 0.2) is 0 Å². The van der Waals surface area contributed by atoms with Crippen LogP contribution >= 0.6 is 0 Å². The maximum atomic E-state index is 11.9. The van der Waals surface area contributed by atoms with Crippen LogP contribution in [0.15, 0.2) is 0 Å². The second kappa shape index (κ2) is 6.76. The molecule has 1 saturated carbocycles. The molecule has 1 rings (SSSR count). The Morgan fingerprint density at radius 2 is 2.00 bits per heavy atom. The van der Waals surface area contributed by atoms with Crippen LogP contribution < -0.4 is 5.32 Å². The molecule has 0 aromatic heterocycles. The molecule has 2 N–H and O–H groups in total. The first-order valence-corrected chi connectivity index (χ1v) is 6.92. The highest BCUT2D eigenvalue weighted by Crippen LogP contribution is 2.30. The van der Waals surface area contributed by atoms with Gasteiger partial charge in [-0.25, -0.2) is 4.79 Å². The van der Waals surface area contributed by atoms with E-state index in [4.69, 9.17) is 5.11 Å². The lowest BCUT2D eigenvalue weighted by atomic mass is 9.80. The van der Waals surface area contributed by atoms with Crippen molar-refractivity contribution in [2.45, 2.75) is 58.9 Å². The fraction of sp³-hybridized carbons (Fsp3) is 0.857. The number of carbonyl (C=O) groups is 2. The van der Waals surface area contributed by atoms with Crippen LogP contribution in [0, 0.1) is 17.8 Å². The largest absolute Gasteiger partial charge is 0.480 e. The number of hydrogen-bond donors (Lipinski definition) is 2. The molecule has 3 unspecified atom stereocenters. The summed E-state index contributed by atoms with van der Waals surface area (Å²) in [6, 6.07) is -0.765. The maximum absolute atomic E-state index is 11.9. The van der Waals surface area contributed by atoms with E-state index in [-0.39, 0.29) is 11.8 Å². The summed E-state index contributed by atoms with van der Waals surface area (Å²) >= 11 is 0. The number of carbonyl (C=O) groups excluding carboxylic acids is 1. The number of carboxylic acids is 1. The third kappa shape index (κ3) is 4.67. The Hall–Kier alpha value is -1.06. The Balaban J connectivity index is 2.42. The summed E-state index contributed by atoms with van der Waals surface area (Å²) in [6.45, 7) is 5.84. The van der Waals surface area contributed by atoms with Crippen molar-refractivity contribution >= 4 is 11.9 Å². The molecule has 1 aliphatic rings. The van der Waals surface area contributed by atoms with Gasteiger partial charge in [0.2, 0.25) is 5.91 Å². The van der Waals surface area contributed by atoms with Gasteiger partial charge in [-0.05, 0) is 30.6 Å². The lowest BCUT2D eigenvalue weighted by Crippen LogP contribution is -2.44. The van der Waals surface area contributed by atoms with Gasteiger partial charge in [-0.1, -0.05) is 33.6 Å².